The third-order valence-electron chi connectivity index (χ3n) is 5.05. The van der Waals surface area contributed by atoms with Crippen molar-refractivity contribution in [1.82, 2.24) is 0 Å². The molecule has 0 unspecified atom stereocenters. The Bertz CT molecular complexity index is 1050. The van der Waals surface area contributed by atoms with Crippen LogP contribution in [0.3, 0.4) is 0 Å². The molecule has 2 heterocycles. The molecule has 0 N–H and O–H groups in total. The van der Waals surface area contributed by atoms with E-state index < -0.39 is 29.8 Å². The van der Waals surface area contributed by atoms with Crippen LogP contribution in [0.4, 0.5) is 31.1 Å². The zero-order chi connectivity index (χ0) is 26.0. The van der Waals surface area contributed by atoms with Gasteiger partial charge in [-0.3, -0.25) is 0 Å². The van der Waals surface area contributed by atoms with Crippen LogP contribution >= 0.6 is 0 Å². The van der Waals surface area contributed by atoms with Crippen LogP contribution in [0.25, 0.3) is 0 Å². The van der Waals surface area contributed by atoms with Gasteiger partial charge in [-0.25, -0.2) is 4.79 Å². The van der Waals surface area contributed by atoms with Gasteiger partial charge in [-0.2, -0.15) is 26.3 Å². The van der Waals surface area contributed by atoms with Crippen molar-refractivity contribution in [1.29, 1.82) is 0 Å². The van der Waals surface area contributed by atoms with Gasteiger partial charge in [0.1, 0.15) is 37.9 Å². The molecular formula is C21H16F6N4O5. The normalized spacial score (nSPS) is 16.8. The molecular weight excluding hydrogens is 502 g/mol. The van der Waals surface area contributed by atoms with Crippen molar-refractivity contribution in [3.63, 3.8) is 0 Å². The maximum absolute atomic E-state index is 13.0. The van der Waals surface area contributed by atoms with E-state index in [1.54, 1.807) is 0 Å². The number of halogens is 6. The van der Waals surface area contributed by atoms with Gasteiger partial charge in [-0.05, 0) is 24.3 Å². The second kappa shape index (κ2) is 9.28. The molecule has 2 aromatic rings. The summed E-state index contributed by atoms with van der Waals surface area (Å²) in [6.07, 6.45) is -10.3. The summed E-state index contributed by atoms with van der Waals surface area (Å²) >= 11 is 0. The van der Waals surface area contributed by atoms with E-state index in [2.05, 4.69) is 20.5 Å². The van der Waals surface area contributed by atoms with E-state index in [1.807, 2.05) is 0 Å². The van der Waals surface area contributed by atoms with Crippen LogP contribution < -0.4 is 9.47 Å². The number of carbonyl (C=O) groups is 1. The number of carbonyl (C=O) groups excluding carboxylic acids is 1. The quantitative estimate of drug-likeness (QED) is 0.229. The van der Waals surface area contributed by atoms with Crippen molar-refractivity contribution in [2.45, 2.75) is 23.7 Å². The number of hydrogen-bond donors (Lipinski definition) is 0. The van der Waals surface area contributed by atoms with E-state index in [4.69, 9.17) is 18.9 Å². The van der Waals surface area contributed by atoms with Crippen LogP contribution in [-0.2, 0) is 20.8 Å². The lowest BCUT2D eigenvalue weighted by Crippen LogP contribution is -2.29. The average molecular weight is 518 g/mol. The lowest BCUT2D eigenvalue weighted by Gasteiger charge is -2.15. The van der Waals surface area contributed by atoms with Gasteiger partial charge < -0.3 is 18.9 Å². The zero-order valence-electron chi connectivity index (χ0n) is 18.0. The van der Waals surface area contributed by atoms with E-state index >= 15 is 0 Å². The average Bonchev–Trinajstić information content (AvgIpc) is 3.73. The molecule has 0 amide bonds. The fraction of sp³-hybridized carbons (Fsp3) is 0.381. The summed E-state index contributed by atoms with van der Waals surface area (Å²) in [5, 5.41) is 12.4. The Morgan fingerprint density at radius 3 is 1.22 bits per heavy atom. The van der Waals surface area contributed by atoms with Gasteiger partial charge in [-0.15, -0.1) is 20.5 Å². The Hall–Kier alpha value is -3.91. The summed E-state index contributed by atoms with van der Waals surface area (Å²) in [4.78, 5) is 11.6. The maximum Gasteiger partial charge on any atom is 0.508 e. The van der Waals surface area contributed by atoms with Crippen LogP contribution in [-0.4, -0.2) is 44.9 Å². The highest BCUT2D eigenvalue weighted by atomic mass is 19.4. The van der Waals surface area contributed by atoms with Crippen molar-refractivity contribution in [3.05, 3.63) is 59.7 Å². The summed E-state index contributed by atoms with van der Waals surface area (Å²) < 4.78 is 98.0. The van der Waals surface area contributed by atoms with Gasteiger partial charge in [-0.1, -0.05) is 24.3 Å². The van der Waals surface area contributed by atoms with Crippen LogP contribution in [0.2, 0.25) is 0 Å². The second-order valence-corrected chi connectivity index (χ2v) is 7.43. The molecule has 0 aromatic heterocycles. The highest BCUT2D eigenvalue weighted by molar-refractivity contribution is 5.59. The predicted octanol–water partition coefficient (Wildman–Crippen LogP) is 5.66. The Morgan fingerprint density at radius 2 is 0.944 bits per heavy atom. The van der Waals surface area contributed by atoms with Gasteiger partial charge in [0.15, 0.2) is 0 Å². The van der Waals surface area contributed by atoms with E-state index in [0.717, 1.165) is 0 Å². The van der Waals surface area contributed by atoms with Crippen molar-refractivity contribution in [2.75, 3.05) is 26.4 Å². The highest BCUT2D eigenvalue weighted by Gasteiger charge is 2.65. The molecule has 0 saturated heterocycles. The van der Waals surface area contributed by atoms with Crippen molar-refractivity contribution in [3.8, 4) is 11.5 Å². The fourth-order valence-electron chi connectivity index (χ4n) is 3.06. The van der Waals surface area contributed by atoms with Crippen LogP contribution in [0, 0.1) is 0 Å². The fourth-order valence-corrected chi connectivity index (χ4v) is 3.06. The Kier molecular flexibility index (Phi) is 6.49. The Balaban J connectivity index is 1.10. The largest absolute Gasteiger partial charge is 0.508 e. The third-order valence-corrected chi connectivity index (χ3v) is 5.05. The molecule has 9 nitrogen and oxygen atoms in total. The number of ether oxygens (including phenoxy) is 4. The van der Waals surface area contributed by atoms with E-state index in [1.165, 1.54) is 48.5 Å². The minimum Gasteiger partial charge on any atom is -0.490 e. The summed E-state index contributed by atoms with van der Waals surface area (Å²) in [5.74, 6) is 0.497. The molecule has 4 rings (SSSR count). The number of benzene rings is 2. The standard InChI is InChI=1S/C21H16F6N4O5/c22-20(23,24)18(28-29-18)13-1-5-15(6-2-13)33-9-11-35-17(32)36-12-10-34-16-7-3-14(4-8-16)19(30-31-19)21(25,26)27/h1-8H,9-12H2. The first-order valence-electron chi connectivity index (χ1n) is 10.2. The maximum atomic E-state index is 13.0. The first kappa shape index (κ1) is 25.2. The van der Waals surface area contributed by atoms with Crippen molar-refractivity contribution >= 4 is 6.16 Å². The summed E-state index contributed by atoms with van der Waals surface area (Å²) in [6, 6.07) is 10.0. The molecule has 192 valence electrons. The minimum atomic E-state index is -4.62. The zero-order valence-corrected chi connectivity index (χ0v) is 18.0. The second-order valence-electron chi connectivity index (χ2n) is 7.43. The predicted molar refractivity (Wildman–Crippen MR) is 106 cm³/mol. The molecule has 0 spiro atoms. The molecule has 36 heavy (non-hydrogen) atoms. The van der Waals surface area contributed by atoms with Gasteiger partial charge in [0.2, 0.25) is 0 Å². The minimum absolute atomic E-state index is 0.0888. The number of nitrogens with zero attached hydrogens (tertiary/aromatic N) is 4. The lowest BCUT2D eigenvalue weighted by molar-refractivity contribution is -0.166. The molecule has 15 heteroatoms. The molecule has 0 atom stereocenters. The molecule has 0 saturated carbocycles. The molecule has 2 aliphatic heterocycles. The smallest absolute Gasteiger partial charge is 0.490 e. The van der Waals surface area contributed by atoms with Crippen molar-refractivity contribution < 1.29 is 50.1 Å². The molecule has 0 bridgehead atoms. The van der Waals surface area contributed by atoms with Gasteiger partial charge in [0.05, 0.1) is 0 Å². The Morgan fingerprint density at radius 1 is 0.611 bits per heavy atom. The summed E-state index contributed by atoms with van der Waals surface area (Å²) in [5.41, 5.74) is -5.30. The van der Waals surface area contributed by atoms with E-state index in [-0.39, 0.29) is 49.1 Å². The monoisotopic (exact) mass is 518 g/mol. The van der Waals surface area contributed by atoms with E-state index in [9.17, 15) is 31.1 Å². The molecule has 2 aliphatic rings. The molecule has 0 fully saturated rings. The molecule has 2 aromatic carbocycles. The number of alkyl halides is 6. The third kappa shape index (κ3) is 5.18. The van der Waals surface area contributed by atoms with Crippen LogP contribution in [0.1, 0.15) is 11.1 Å². The topological polar surface area (TPSA) is 103 Å². The SMILES string of the molecule is O=C(OCCOc1ccc(C2(C(F)(F)F)N=N2)cc1)OCCOc1ccc(C2(C(F)(F)F)N=N2)cc1. The molecule has 0 aliphatic carbocycles. The number of hydrogen-bond acceptors (Lipinski definition) is 9. The lowest BCUT2D eigenvalue weighted by atomic mass is 10.0. The van der Waals surface area contributed by atoms with Gasteiger partial charge in [0, 0.05) is 11.1 Å². The first-order valence-corrected chi connectivity index (χ1v) is 10.2. The first-order chi connectivity index (χ1) is 17.0. The van der Waals surface area contributed by atoms with E-state index in [0.29, 0.717) is 0 Å². The van der Waals surface area contributed by atoms with Gasteiger partial charge in [0.25, 0.3) is 0 Å². The summed E-state index contributed by atoms with van der Waals surface area (Å²) in [6.45, 7) is -0.572. The highest BCUT2D eigenvalue weighted by Crippen LogP contribution is 2.53. The van der Waals surface area contributed by atoms with Crippen molar-refractivity contribution in [2.24, 2.45) is 20.5 Å². The van der Waals surface area contributed by atoms with Gasteiger partial charge >= 0.3 is 29.8 Å². The van der Waals surface area contributed by atoms with Crippen LogP contribution in [0.5, 0.6) is 11.5 Å². The summed E-state index contributed by atoms with van der Waals surface area (Å²) in [7, 11) is 0. The number of rotatable bonds is 10. The molecule has 0 radical (unpaired) electrons. The van der Waals surface area contributed by atoms with Crippen LogP contribution in [0.15, 0.2) is 69.0 Å². The Labute approximate surface area is 198 Å².